The van der Waals surface area contributed by atoms with Crippen LogP contribution >= 0.6 is 11.8 Å². The highest BCUT2D eigenvalue weighted by Gasteiger charge is 2.32. The molecule has 2 fully saturated rings. The molecule has 1 unspecified atom stereocenters. The van der Waals surface area contributed by atoms with Crippen LogP contribution < -0.4 is 10.6 Å². The van der Waals surface area contributed by atoms with Gasteiger partial charge in [0.25, 0.3) is 0 Å². The van der Waals surface area contributed by atoms with Crippen molar-refractivity contribution in [3.63, 3.8) is 0 Å². The van der Waals surface area contributed by atoms with Crippen LogP contribution in [0.4, 0.5) is 4.79 Å². The molecule has 2 rings (SSSR count). The van der Waals surface area contributed by atoms with Crippen LogP contribution in [0.5, 0.6) is 0 Å². The highest BCUT2D eigenvalue weighted by Crippen LogP contribution is 2.30. The number of carbonyl (C=O) groups excluding carboxylic acids is 1. The maximum Gasteiger partial charge on any atom is 0.315 e. The first-order valence-electron chi connectivity index (χ1n) is 7.83. The second kappa shape index (κ2) is 7.03. The van der Waals surface area contributed by atoms with Crippen molar-refractivity contribution in [1.82, 2.24) is 10.6 Å². The van der Waals surface area contributed by atoms with E-state index in [0.29, 0.717) is 12.6 Å². The van der Waals surface area contributed by atoms with Crippen LogP contribution in [0, 0.1) is 11.8 Å². The van der Waals surface area contributed by atoms with Crippen LogP contribution in [0.15, 0.2) is 0 Å². The maximum atomic E-state index is 11.9. The molecule has 116 valence electrons. The number of thioether (sulfide) groups is 1. The van der Waals surface area contributed by atoms with Crippen LogP contribution in [-0.2, 0) is 0 Å². The Balaban J connectivity index is 1.65. The van der Waals surface area contributed by atoms with E-state index in [4.69, 9.17) is 0 Å². The van der Waals surface area contributed by atoms with Gasteiger partial charge in [-0.2, -0.15) is 11.8 Å². The molecule has 4 nitrogen and oxygen atoms in total. The normalized spacial score (nSPS) is 34.2. The maximum absolute atomic E-state index is 11.9. The van der Waals surface area contributed by atoms with E-state index >= 15 is 0 Å². The lowest BCUT2D eigenvalue weighted by Crippen LogP contribution is -2.49. The van der Waals surface area contributed by atoms with Crippen molar-refractivity contribution in [3.8, 4) is 0 Å². The third kappa shape index (κ3) is 4.55. The van der Waals surface area contributed by atoms with Crippen molar-refractivity contribution in [3.05, 3.63) is 0 Å². The molecule has 0 aromatic heterocycles. The van der Waals surface area contributed by atoms with Crippen LogP contribution in [0.1, 0.15) is 46.0 Å². The molecule has 5 heteroatoms. The molecule has 0 aromatic rings. The number of amides is 2. The Bertz CT molecular complexity index is 322. The minimum Gasteiger partial charge on any atom is -0.387 e. The van der Waals surface area contributed by atoms with Gasteiger partial charge in [0.2, 0.25) is 0 Å². The van der Waals surface area contributed by atoms with Crippen LogP contribution in [0.2, 0.25) is 0 Å². The Kier molecular flexibility index (Phi) is 5.61. The molecule has 1 heterocycles. The Labute approximate surface area is 126 Å². The number of hydrogen-bond donors (Lipinski definition) is 3. The van der Waals surface area contributed by atoms with Gasteiger partial charge in [-0.1, -0.05) is 13.8 Å². The molecule has 2 aliphatic rings. The summed E-state index contributed by atoms with van der Waals surface area (Å²) in [5.41, 5.74) is -0.697. The third-order valence-corrected chi connectivity index (χ3v) is 5.94. The standard InChI is InChI=1S/C15H28N2O2S/c1-11(2)12-3-5-13(6-4-12)17-14(18)16-9-15(19)7-8-20-10-15/h11-13,19H,3-10H2,1-2H3,(H2,16,17,18). The van der Waals surface area contributed by atoms with Gasteiger partial charge >= 0.3 is 6.03 Å². The van der Waals surface area contributed by atoms with Crippen molar-refractivity contribution in [1.29, 1.82) is 0 Å². The third-order valence-electron chi connectivity index (χ3n) is 4.71. The fourth-order valence-electron chi connectivity index (χ4n) is 3.15. The summed E-state index contributed by atoms with van der Waals surface area (Å²) in [6.45, 7) is 4.93. The molecule has 1 saturated carbocycles. The fraction of sp³-hybridized carbons (Fsp3) is 0.933. The highest BCUT2D eigenvalue weighted by atomic mass is 32.2. The average molecular weight is 300 g/mol. The number of aliphatic hydroxyl groups is 1. The predicted molar refractivity (Wildman–Crippen MR) is 84.0 cm³/mol. The summed E-state index contributed by atoms with van der Waals surface area (Å²) < 4.78 is 0. The Morgan fingerprint density at radius 1 is 1.35 bits per heavy atom. The lowest BCUT2D eigenvalue weighted by atomic mass is 9.80. The van der Waals surface area contributed by atoms with E-state index < -0.39 is 5.60 Å². The van der Waals surface area contributed by atoms with Crippen molar-refractivity contribution in [2.24, 2.45) is 11.8 Å². The van der Waals surface area contributed by atoms with E-state index in [1.54, 1.807) is 11.8 Å². The number of hydrogen-bond acceptors (Lipinski definition) is 3. The smallest absolute Gasteiger partial charge is 0.315 e. The van der Waals surface area contributed by atoms with Crippen molar-refractivity contribution in [2.45, 2.75) is 57.6 Å². The molecule has 1 atom stereocenters. The molecule has 1 saturated heterocycles. The molecular formula is C15H28N2O2S. The van der Waals surface area contributed by atoms with Gasteiger partial charge in [0, 0.05) is 18.3 Å². The summed E-state index contributed by atoms with van der Waals surface area (Å²) in [7, 11) is 0. The van der Waals surface area contributed by atoms with Gasteiger partial charge in [0.05, 0.1) is 5.60 Å². The zero-order valence-electron chi connectivity index (χ0n) is 12.7. The van der Waals surface area contributed by atoms with E-state index in [2.05, 4.69) is 24.5 Å². The van der Waals surface area contributed by atoms with E-state index in [0.717, 1.165) is 42.6 Å². The zero-order chi connectivity index (χ0) is 14.6. The molecule has 1 aliphatic heterocycles. The second-order valence-corrected chi connectivity index (χ2v) is 7.81. The zero-order valence-corrected chi connectivity index (χ0v) is 13.5. The fourth-order valence-corrected chi connectivity index (χ4v) is 4.44. The number of carbonyl (C=O) groups is 1. The lowest BCUT2D eigenvalue weighted by Gasteiger charge is -2.31. The van der Waals surface area contributed by atoms with Crippen LogP contribution in [0.25, 0.3) is 0 Å². The van der Waals surface area contributed by atoms with E-state index in [1.807, 2.05) is 0 Å². The molecule has 3 N–H and O–H groups in total. The molecule has 2 amide bonds. The van der Waals surface area contributed by atoms with Crippen molar-refractivity contribution < 1.29 is 9.90 Å². The van der Waals surface area contributed by atoms with Crippen LogP contribution in [-0.4, -0.2) is 40.8 Å². The molecule has 20 heavy (non-hydrogen) atoms. The Morgan fingerprint density at radius 3 is 2.60 bits per heavy atom. The van der Waals surface area contributed by atoms with Gasteiger partial charge in [0.1, 0.15) is 0 Å². The topological polar surface area (TPSA) is 61.4 Å². The first-order valence-corrected chi connectivity index (χ1v) is 8.98. The summed E-state index contributed by atoms with van der Waals surface area (Å²) in [5, 5.41) is 16.1. The molecule has 0 spiro atoms. The highest BCUT2D eigenvalue weighted by molar-refractivity contribution is 7.99. The molecule has 0 radical (unpaired) electrons. The van der Waals surface area contributed by atoms with Gasteiger partial charge in [-0.3, -0.25) is 0 Å². The summed E-state index contributed by atoms with van der Waals surface area (Å²) in [4.78, 5) is 11.9. The Morgan fingerprint density at radius 2 is 2.05 bits per heavy atom. The minimum atomic E-state index is -0.697. The van der Waals surface area contributed by atoms with Gasteiger partial charge < -0.3 is 15.7 Å². The second-order valence-electron chi connectivity index (χ2n) is 6.71. The largest absolute Gasteiger partial charge is 0.387 e. The van der Waals surface area contributed by atoms with Gasteiger partial charge in [0.15, 0.2) is 0 Å². The van der Waals surface area contributed by atoms with Crippen molar-refractivity contribution >= 4 is 17.8 Å². The predicted octanol–water partition coefficient (Wildman–Crippen LogP) is 2.37. The van der Waals surface area contributed by atoms with Crippen molar-refractivity contribution in [2.75, 3.05) is 18.1 Å². The molecule has 0 aromatic carbocycles. The van der Waals surface area contributed by atoms with Gasteiger partial charge in [-0.05, 0) is 49.7 Å². The minimum absolute atomic E-state index is 0.122. The number of nitrogens with one attached hydrogen (secondary N) is 2. The summed E-state index contributed by atoms with van der Waals surface area (Å²) in [6.07, 6.45) is 5.36. The SMILES string of the molecule is CC(C)C1CCC(NC(=O)NCC2(O)CCSC2)CC1. The first kappa shape index (κ1) is 16.0. The summed E-state index contributed by atoms with van der Waals surface area (Å²) in [6, 6.07) is 0.181. The van der Waals surface area contributed by atoms with E-state index in [-0.39, 0.29) is 6.03 Å². The first-order chi connectivity index (χ1) is 9.48. The molecule has 0 bridgehead atoms. The Hall–Kier alpha value is -0.420. The molecular weight excluding hydrogens is 272 g/mol. The number of urea groups is 1. The summed E-state index contributed by atoms with van der Waals surface area (Å²) >= 11 is 1.75. The quantitative estimate of drug-likeness (QED) is 0.747. The van der Waals surface area contributed by atoms with Gasteiger partial charge in [-0.25, -0.2) is 4.79 Å². The van der Waals surface area contributed by atoms with Crippen LogP contribution in [0.3, 0.4) is 0 Å². The average Bonchev–Trinajstić information content (AvgIpc) is 2.85. The summed E-state index contributed by atoms with van der Waals surface area (Å²) in [5.74, 6) is 3.28. The van der Waals surface area contributed by atoms with E-state index in [1.165, 1.54) is 12.8 Å². The van der Waals surface area contributed by atoms with Gasteiger partial charge in [-0.15, -0.1) is 0 Å². The monoisotopic (exact) mass is 300 g/mol. The number of rotatable bonds is 4. The molecule has 1 aliphatic carbocycles. The lowest BCUT2D eigenvalue weighted by molar-refractivity contribution is 0.0697. The van der Waals surface area contributed by atoms with E-state index in [9.17, 15) is 9.90 Å².